The monoisotopic (exact) mass is 473 g/mol. The molecule has 8 nitrogen and oxygen atoms in total. The van der Waals surface area contributed by atoms with E-state index in [1.54, 1.807) is 0 Å². The molecule has 1 atom stereocenters. The number of pyridine rings is 1. The molecule has 5 heterocycles. The molecule has 0 aromatic carbocycles. The molecule has 0 saturated carbocycles. The van der Waals surface area contributed by atoms with Gasteiger partial charge in [0.05, 0.1) is 11.8 Å². The van der Waals surface area contributed by atoms with Crippen LogP contribution in [0.25, 0.3) is 5.52 Å². The van der Waals surface area contributed by atoms with E-state index >= 15 is 0 Å². The second-order valence-electron chi connectivity index (χ2n) is 9.85. The second kappa shape index (κ2) is 9.35. The number of hydrogen-bond donors (Lipinski definition) is 0. The molecule has 0 radical (unpaired) electrons. The third-order valence-corrected chi connectivity index (χ3v) is 8.92. The molecule has 2 aromatic rings. The molecule has 3 aliphatic heterocycles. The lowest BCUT2D eigenvalue weighted by Gasteiger charge is -2.40. The summed E-state index contributed by atoms with van der Waals surface area (Å²) < 4.78 is 27.8. The summed E-state index contributed by atoms with van der Waals surface area (Å²) in [6.07, 6.45) is 10.8. The number of hydrogen-bond acceptors (Lipinski definition) is 5. The highest BCUT2D eigenvalue weighted by Crippen LogP contribution is 2.30. The van der Waals surface area contributed by atoms with Crippen LogP contribution in [0.1, 0.15) is 67.2 Å². The first-order valence-corrected chi connectivity index (χ1v) is 14.2. The van der Waals surface area contributed by atoms with Crippen LogP contribution < -0.4 is 0 Å². The Morgan fingerprint density at radius 1 is 0.970 bits per heavy atom. The fourth-order valence-electron chi connectivity index (χ4n) is 5.83. The summed E-state index contributed by atoms with van der Waals surface area (Å²) >= 11 is 0. The highest BCUT2D eigenvalue weighted by molar-refractivity contribution is 7.88. The molecule has 0 bridgehead atoms. The van der Waals surface area contributed by atoms with Crippen LogP contribution in [0.4, 0.5) is 0 Å². The highest BCUT2D eigenvalue weighted by Gasteiger charge is 2.33. The normalized spacial score (nSPS) is 24.4. The van der Waals surface area contributed by atoms with E-state index < -0.39 is 10.0 Å². The van der Waals surface area contributed by atoms with Crippen molar-refractivity contribution in [2.45, 2.75) is 56.9 Å². The summed E-state index contributed by atoms with van der Waals surface area (Å²) in [5.41, 5.74) is 1.31. The van der Waals surface area contributed by atoms with E-state index in [9.17, 15) is 13.2 Å². The number of imidazole rings is 1. The molecule has 0 aliphatic carbocycles. The molecule has 3 aliphatic rings. The number of likely N-dealkylation sites (tertiary alicyclic amines) is 2. The van der Waals surface area contributed by atoms with Crippen molar-refractivity contribution >= 4 is 21.4 Å². The number of piperidine rings is 3. The standard InChI is InChI=1S/C24H35N5O3S/c1-33(31,32)28-14-7-8-19(18-28)23-25-22(21-9-3-6-15-29(21)23)24(30)27-16-10-20(11-17-27)26-12-4-2-5-13-26/h3,6,9,15,19-20H,2,4-5,7-8,10-14,16-18H2,1H3/t19-/m0/s1. The van der Waals surface area contributed by atoms with Gasteiger partial charge in [-0.2, -0.15) is 0 Å². The van der Waals surface area contributed by atoms with E-state index in [-0.39, 0.29) is 11.8 Å². The predicted octanol–water partition coefficient (Wildman–Crippen LogP) is 2.56. The zero-order chi connectivity index (χ0) is 23.0. The smallest absolute Gasteiger partial charge is 0.274 e. The largest absolute Gasteiger partial charge is 0.337 e. The van der Waals surface area contributed by atoms with Gasteiger partial charge in [0.15, 0.2) is 5.69 Å². The molecule has 0 spiro atoms. The van der Waals surface area contributed by atoms with Gasteiger partial charge in [-0.05, 0) is 63.7 Å². The molecule has 9 heteroatoms. The number of carbonyl (C=O) groups is 1. The van der Waals surface area contributed by atoms with Crippen LogP contribution in [0.3, 0.4) is 0 Å². The zero-order valence-electron chi connectivity index (χ0n) is 19.5. The van der Waals surface area contributed by atoms with Gasteiger partial charge in [0, 0.05) is 44.3 Å². The number of aromatic nitrogens is 2. The third-order valence-electron chi connectivity index (χ3n) is 7.66. The van der Waals surface area contributed by atoms with Crippen molar-refractivity contribution < 1.29 is 13.2 Å². The van der Waals surface area contributed by atoms with Crippen LogP contribution in [0.5, 0.6) is 0 Å². The van der Waals surface area contributed by atoms with Gasteiger partial charge in [0.25, 0.3) is 5.91 Å². The van der Waals surface area contributed by atoms with Gasteiger partial charge >= 0.3 is 0 Å². The van der Waals surface area contributed by atoms with Gasteiger partial charge in [-0.3, -0.25) is 4.79 Å². The molecule has 3 saturated heterocycles. The Labute approximate surface area is 196 Å². The van der Waals surface area contributed by atoms with E-state index in [4.69, 9.17) is 4.98 Å². The van der Waals surface area contributed by atoms with Gasteiger partial charge in [0.1, 0.15) is 5.82 Å². The number of carbonyl (C=O) groups excluding carboxylic acids is 1. The average Bonchev–Trinajstić information content (AvgIpc) is 3.24. The van der Waals surface area contributed by atoms with E-state index in [1.807, 2.05) is 33.7 Å². The lowest BCUT2D eigenvalue weighted by atomic mass is 9.99. The maximum Gasteiger partial charge on any atom is 0.274 e. The molecule has 1 amide bonds. The van der Waals surface area contributed by atoms with E-state index in [0.717, 1.165) is 50.1 Å². The van der Waals surface area contributed by atoms with Crippen LogP contribution in [0.15, 0.2) is 24.4 Å². The number of fused-ring (bicyclic) bond motifs is 1. The summed E-state index contributed by atoms with van der Waals surface area (Å²) in [5.74, 6) is 0.776. The first-order valence-electron chi connectivity index (χ1n) is 12.4. The second-order valence-corrected chi connectivity index (χ2v) is 11.8. The van der Waals surface area contributed by atoms with Crippen LogP contribution >= 0.6 is 0 Å². The van der Waals surface area contributed by atoms with E-state index in [1.165, 1.54) is 42.9 Å². The lowest BCUT2D eigenvalue weighted by Crippen LogP contribution is -2.48. The van der Waals surface area contributed by atoms with Gasteiger partial charge in [-0.25, -0.2) is 17.7 Å². The van der Waals surface area contributed by atoms with Gasteiger partial charge < -0.3 is 14.2 Å². The number of rotatable bonds is 4. The Hall–Kier alpha value is -1.97. The van der Waals surface area contributed by atoms with Crippen LogP contribution in [-0.4, -0.2) is 89.4 Å². The SMILES string of the molecule is CS(=O)(=O)N1CCC[C@H](c2nc(C(=O)N3CCC(N4CCCCC4)CC3)c3ccccn23)C1. The van der Waals surface area contributed by atoms with Gasteiger partial charge in [-0.15, -0.1) is 0 Å². The lowest BCUT2D eigenvalue weighted by molar-refractivity contribution is 0.0587. The molecule has 5 rings (SSSR count). The van der Waals surface area contributed by atoms with E-state index in [2.05, 4.69) is 4.90 Å². The highest BCUT2D eigenvalue weighted by atomic mass is 32.2. The Bertz CT molecular complexity index is 1100. The van der Waals surface area contributed by atoms with Crippen molar-refractivity contribution in [1.82, 2.24) is 23.5 Å². The summed E-state index contributed by atoms with van der Waals surface area (Å²) in [4.78, 5) is 23.0. The summed E-state index contributed by atoms with van der Waals surface area (Å²) in [6, 6.07) is 6.41. The minimum atomic E-state index is -3.24. The fourth-order valence-corrected chi connectivity index (χ4v) is 6.74. The Morgan fingerprint density at radius 2 is 1.73 bits per heavy atom. The average molecular weight is 474 g/mol. The Kier molecular flexibility index (Phi) is 6.46. The number of amides is 1. The van der Waals surface area contributed by atoms with Crippen molar-refractivity contribution in [3.63, 3.8) is 0 Å². The molecular weight excluding hydrogens is 438 g/mol. The van der Waals surface area contributed by atoms with Gasteiger partial charge in [0.2, 0.25) is 10.0 Å². The minimum absolute atomic E-state index is 0.00202. The third kappa shape index (κ3) is 4.68. The van der Waals surface area contributed by atoms with Crippen molar-refractivity contribution in [2.75, 3.05) is 45.5 Å². The molecule has 0 N–H and O–H groups in total. The maximum absolute atomic E-state index is 13.5. The first kappa shape index (κ1) is 22.8. The molecule has 0 unspecified atom stereocenters. The minimum Gasteiger partial charge on any atom is -0.337 e. The van der Waals surface area contributed by atoms with Gasteiger partial charge in [-0.1, -0.05) is 12.5 Å². The molecule has 180 valence electrons. The van der Waals surface area contributed by atoms with Crippen molar-refractivity contribution in [1.29, 1.82) is 0 Å². The number of sulfonamides is 1. The van der Waals surface area contributed by atoms with Crippen molar-refractivity contribution in [3.05, 3.63) is 35.9 Å². The van der Waals surface area contributed by atoms with E-state index in [0.29, 0.717) is 24.8 Å². The maximum atomic E-state index is 13.5. The summed E-state index contributed by atoms with van der Waals surface area (Å²) in [5, 5.41) is 0. The van der Waals surface area contributed by atoms with Crippen LogP contribution in [-0.2, 0) is 10.0 Å². The van der Waals surface area contributed by atoms with Crippen LogP contribution in [0, 0.1) is 0 Å². The molecule has 2 aromatic heterocycles. The van der Waals surface area contributed by atoms with Crippen LogP contribution in [0.2, 0.25) is 0 Å². The summed E-state index contributed by atoms with van der Waals surface area (Å²) in [6.45, 7) is 4.90. The Balaban J connectivity index is 1.35. The topological polar surface area (TPSA) is 78.2 Å². The van der Waals surface area contributed by atoms with Crippen molar-refractivity contribution in [3.8, 4) is 0 Å². The predicted molar refractivity (Wildman–Crippen MR) is 128 cm³/mol. The molecule has 33 heavy (non-hydrogen) atoms. The fraction of sp³-hybridized carbons (Fsp3) is 0.667. The zero-order valence-corrected chi connectivity index (χ0v) is 20.3. The number of nitrogens with zero attached hydrogens (tertiary/aromatic N) is 5. The Morgan fingerprint density at radius 3 is 2.45 bits per heavy atom. The first-order chi connectivity index (χ1) is 15.9. The quantitative estimate of drug-likeness (QED) is 0.682. The summed E-state index contributed by atoms with van der Waals surface area (Å²) in [7, 11) is -3.24. The molecular formula is C24H35N5O3S. The molecule has 3 fully saturated rings. The van der Waals surface area contributed by atoms with Crippen molar-refractivity contribution in [2.24, 2.45) is 0 Å².